The fourth-order valence-electron chi connectivity index (χ4n) is 9.22. The van der Waals surface area contributed by atoms with E-state index in [-0.39, 0.29) is 37.8 Å². The number of rotatable bonds is 6. The summed E-state index contributed by atoms with van der Waals surface area (Å²) in [5.41, 5.74) is 14.9. The van der Waals surface area contributed by atoms with Crippen molar-refractivity contribution in [2.75, 3.05) is 0 Å². The zero-order valence-corrected chi connectivity index (χ0v) is 38.7. The third-order valence-electron chi connectivity index (χ3n) is 12.3. The van der Waals surface area contributed by atoms with Gasteiger partial charge >= 0.3 is 0 Å². The number of fused-ring (bicyclic) bond motifs is 10. The van der Waals surface area contributed by atoms with Gasteiger partial charge in [0.25, 0.3) is 0 Å². The van der Waals surface area contributed by atoms with Crippen molar-refractivity contribution in [3.05, 3.63) is 205 Å². The second-order valence-corrected chi connectivity index (χ2v) is 17.0. The van der Waals surface area contributed by atoms with Crippen LogP contribution in [0.1, 0.15) is 50.7 Å². The van der Waals surface area contributed by atoms with Crippen molar-refractivity contribution in [3.63, 3.8) is 0 Å². The number of imidazole rings is 2. The van der Waals surface area contributed by atoms with Crippen LogP contribution in [0.15, 0.2) is 181 Å². The van der Waals surface area contributed by atoms with Gasteiger partial charge in [-0.1, -0.05) is 153 Å². The molecule has 0 fully saturated rings. The van der Waals surface area contributed by atoms with E-state index in [1.54, 1.807) is 12.3 Å². The Morgan fingerprint density at radius 3 is 1.98 bits per heavy atom. The molecule has 0 atom stereocenters. The molecular weight excluding hydrogens is 980 g/mol. The Hall–Kier alpha value is -7.18. The number of hydrogen-bond donors (Lipinski definition) is 0. The predicted octanol–water partition coefficient (Wildman–Crippen LogP) is 15.6. The minimum Gasteiger partial charge on any atom is -0.501 e. The van der Waals surface area contributed by atoms with Crippen LogP contribution in [-0.4, -0.2) is 18.9 Å². The van der Waals surface area contributed by atoms with Crippen molar-refractivity contribution in [1.29, 1.82) is 0 Å². The van der Waals surface area contributed by atoms with Crippen LogP contribution in [0.3, 0.4) is 0 Å². The predicted molar refractivity (Wildman–Crippen MR) is 261 cm³/mol. The molecule has 0 aliphatic carbocycles. The van der Waals surface area contributed by atoms with Gasteiger partial charge in [0.05, 0.1) is 28.1 Å². The van der Waals surface area contributed by atoms with Gasteiger partial charge in [0.15, 0.2) is 0 Å². The first-order valence-corrected chi connectivity index (χ1v) is 21.8. The largest absolute Gasteiger partial charge is 0.501 e. The van der Waals surface area contributed by atoms with Crippen molar-refractivity contribution in [2.24, 2.45) is 0 Å². The van der Waals surface area contributed by atoms with E-state index in [9.17, 15) is 4.39 Å². The quantitative estimate of drug-likeness (QED) is 0.123. The van der Waals surface area contributed by atoms with Crippen molar-refractivity contribution < 1.29 is 28.9 Å². The molecule has 65 heavy (non-hydrogen) atoms. The van der Waals surface area contributed by atoms with Crippen LogP contribution >= 0.6 is 0 Å². The van der Waals surface area contributed by atoms with Crippen molar-refractivity contribution in [3.8, 4) is 39.3 Å². The molecule has 7 heteroatoms. The van der Waals surface area contributed by atoms with E-state index in [2.05, 4.69) is 165 Å². The van der Waals surface area contributed by atoms with Gasteiger partial charge in [-0.2, -0.15) is 0 Å². The molecule has 0 bridgehead atoms. The molecule has 12 rings (SSSR count). The van der Waals surface area contributed by atoms with E-state index >= 15 is 0 Å². The Balaban J connectivity index is 0.000000218. The number of para-hydroxylation sites is 3. The second kappa shape index (κ2) is 17.1. The Bertz CT molecular complexity index is 3670. The van der Waals surface area contributed by atoms with Gasteiger partial charge in [-0.15, -0.1) is 36.4 Å². The van der Waals surface area contributed by atoms with Crippen LogP contribution in [0.5, 0.6) is 0 Å². The molecule has 0 saturated heterocycles. The average Bonchev–Trinajstić information content (AvgIpc) is 4.08. The number of halogens is 1. The molecule has 4 heterocycles. The summed E-state index contributed by atoms with van der Waals surface area (Å²) in [4.78, 5) is 9.63. The first-order valence-electron chi connectivity index (χ1n) is 21.8. The Morgan fingerprint density at radius 2 is 1.26 bits per heavy atom. The summed E-state index contributed by atoms with van der Waals surface area (Å²) in [6, 6.07) is 62.3. The summed E-state index contributed by atoms with van der Waals surface area (Å²) in [6.45, 7) is 9.14. The van der Waals surface area contributed by atoms with Gasteiger partial charge in [-0.3, -0.25) is 14.4 Å². The van der Waals surface area contributed by atoms with E-state index in [0.29, 0.717) is 0 Å². The van der Waals surface area contributed by atoms with Gasteiger partial charge in [0, 0.05) is 54.9 Å². The van der Waals surface area contributed by atoms with Crippen LogP contribution < -0.4 is 0 Å². The Kier molecular flexibility index (Phi) is 11.0. The van der Waals surface area contributed by atoms with Gasteiger partial charge in [0.1, 0.15) is 5.58 Å². The second-order valence-electron chi connectivity index (χ2n) is 17.0. The molecule has 0 aliphatic heterocycles. The maximum atomic E-state index is 13.4. The summed E-state index contributed by atoms with van der Waals surface area (Å²) in [5, 5.41) is 4.86. The van der Waals surface area contributed by atoms with Gasteiger partial charge in [-0.05, 0) is 87.0 Å². The van der Waals surface area contributed by atoms with Crippen LogP contribution in [0, 0.1) is 17.9 Å². The zero-order chi connectivity index (χ0) is 43.5. The minimum atomic E-state index is -0.274. The topological polar surface area (TPSA) is 48.3 Å². The molecule has 12 aromatic rings. The molecule has 4 aromatic heterocycles. The molecular formula is C58H43FIrN4O-2. The molecule has 8 aromatic carbocycles. The number of aromatic nitrogens is 4. The van der Waals surface area contributed by atoms with Crippen molar-refractivity contribution >= 4 is 60.3 Å². The Morgan fingerprint density at radius 1 is 0.600 bits per heavy atom. The van der Waals surface area contributed by atoms with Crippen molar-refractivity contribution in [2.45, 2.75) is 39.5 Å². The van der Waals surface area contributed by atoms with Crippen molar-refractivity contribution in [1.82, 2.24) is 18.9 Å². The van der Waals surface area contributed by atoms with Gasteiger partial charge in [-0.25, -0.2) is 0 Å². The molecule has 0 spiro atoms. The molecule has 0 amide bonds. The van der Waals surface area contributed by atoms with Gasteiger partial charge < -0.3 is 13.4 Å². The third-order valence-corrected chi connectivity index (χ3v) is 12.3. The number of nitrogens with zero attached hydrogens (tertiary/aromatic N) is 4. The summed E-state index contributed by atoms with van der Waals surface area (Å²) >= 11 is 0. The summed E-state index contributed by atoms with van der Waals surface area (Å²) < 4.78 is 24.5. The molecule has 0 N–H and O–H groups in total. The smallest absolute Gasteiger partial charge is 0.121 e. The van der Waals surface area contributed by atoms with Gasteiger partial charge in [0.2, 0.25) is 0 Å². The summed E-state index contributed by atoms with van der Waals surface area (Å²) in [7, 11) is 0. The van der Waals surface area contributed by atoms with Crippen LogP contribution in [0.4, 0.5) is 4.39 Å². The maximum absolute atomic E-state index is 13.4. The van der Waals surface area contributed by atoms with E-state index < -0.39 is 0 Å². The summed E-state index contributed by atoms with van der Waals surface area (Å²) in [5.74, 6) is 1.13. The normalized spacial score (nSPS) is 11.6. The van der Waals surface area contributed by atoms with Crippen LogP contribution in [-0.2, 0) is 20.1 Å². The molecule has 0 unspecified atom stereocenters. The number of furan rings is 1. The monoisotopic (exact) mass is 1020 g/mol. The fourth-order valence-corrected chi connectivity index (χ4v) is 9.22. The van der Waals surface area contributed by atoms with Crippen LogP contribution in [0.25, 0.3) is 99.6 Å². The molecule has 5 nitrogen and oxygen atoms in total. The molecule has 0 aliphatic rings. The third kappa shape index (κ3) is 7.31. The first-order chi connectivity index (χ1) is 31.3. The number of pyridine rings is 1. The fraction of sp³-hybridized carbons (Fsp3) is 0.103. The zero-order valence-electron chi connectivity index (χ0n) is 36.3. The van der Waals surface area contributed by atoms with E-state index in [0.717, 1.165) is 77.2 Å². The Labute approximate surface area is 390 Å². The van der Waals surface area contributed by atoms with E-state index in [1.807, 2.05) is 47.0 Å². The number of hydrogen-bond acceptors (Lipinski definition) is 3. The molecule has 319 valence electrons. The average molecular weight is 1020 g/mol. The first kappa shape index (κ1) is 41.8. The van der Waals surface area contributed by atoms with E-state index in [4.69, 9.17) is 9.40 Å². The van der Waals surface area contributed by atoms with E-state index in [1.165, 1.54) is 39.6 Å². The number of benzene rings is 8. The SMILES string of the molecule is CC(C)c1cc(-c2ccccc2)cc(C(C)C)c1-n1c(-c2[c-]ccc3c2oc2cc(-c4ccccc4)ccc23)nc2ccccc21.Fc1c[c-]c2c(c1)c1ccccc1n1ccnc21.[Ir]. The molecule has 1 radical (unpaired) electrons. The minimum absolute atomic E-state index is 0. The maximum Gasteiger partial charge on any atom is 0.121 e. The summed E-state index contributed by atoms with van der Waals surface area (Å²) in [6.07, 6.45) is 3.66. The van der Waals surface area contributed by atoms with Crippen LogP contribution in [0.2, 0.25) is 0 Å². The standard InChI is InChI=1S/C43H35N2O.C15H8FN2.Ir/c1-27(2)36-24-32(30-16-9-6-10-17-30)25-37(28(3)4)41(36)45-39-21-12-11-20-38(39)44-43(45)35-19-13-18-34-33-23-22-31(26-40(33)46-42(34)35)29-14-7-5-8-15-29;16-10-5-6-12-13(9-10)11-3-1-2-4-14(11)18-8-7-17-15(12)18;/h5-18,20-28H,1-4H3;1-5,7-9H;/q2*-1;. The molecule has 0 saturated carbocycles.